The average molecular weight is 368 g/mol. The summed E-state index contributed by atoms with van der Waals surface area (Å²) in [6.45, 7) is 3.03. The largest absolute Gasteiger partial charge is 0.383 e. The maximum Gasteiger partial charge on any atom is 0.254 e. The Kier molecular flexibility index (Phi) is 6.55. The molecule has 0 saturated carbocycles. The number of ether oxygens (including phenoxy) is 1. The van der Waals surface area contributed by atoms with E-state index in [2.05, 4.69) is 5.32 Å². The molecule has 1 N–H and O–H groups in total. The molecule has 138 valence electrons. The van der Waals surface area contributed by atoms with E-state index >= 15 is 0 Å². The van der Waals surface area contributed by atoms with Crippen LogP contribution in [0.4, 0.5) is 0 Å². The molecule has 7 nitrogen and oxygen atoms in total. The van der Waals surface area contributed by atoms with Crippen LogP contribution in [0.2, 0.25) is 0 Å². The molecule has 1 atom stereocenters. The SMILES string of the molecule is CCN(C(=O)c1cccc(C(=O)NCCOC)c1)C1CCS(=O)(=O)C1. The predicted octanol–water partition coefficient (Wildman–Crippen LogP) is 0.712. The number of hydrogen-bond donors (Lipinski definition) is 1. The molecule has 1 aromatic carbocycles. The molecule has 1 saturated heterocycles. The predicted molar refractivity (Wildman–Crippen MR) is 94.4 cm³/mol. The van der Waals surface area contributed by atoms with E-state index in [1.54, 1.807) is 30.2 Å². The van der Waals surface area contributed by atoms with Gasteiger partial charge in [-0.1, -0.05) is 6.07 Å². The first kappa shape index (κ1) is 19.4. The summed E-state index contributed by atoms with van der Waals surface area (Å²) in [5.74, 6) is -0.415. The lowest BCUT2D eigenvalue weighted by atomic mass is 10.1. The minimum Gasteiger partial charge on any atom is -0.383 e. The number of carbonyl (C=O) groups is 2. The third-order valence-electron chi connectivity index (χ3n) is 4.21. The van der Waals surface area contributed by atoms with Crippen LogP contribution in [0.15, 0.2) is 24.3 Å². The topological polar surface area (TPSA) is 92.8 Å². The van der Waals surface area contributed by atoms with Crippen molar-refractivity contribution < 1.29 is 22.7 Å². The smallest absolute Gasteiger partial charge is 0.254 e. The van der Waals surface area contributed by atoms with Crippen molar-refractivity contribution in [2.45, 2.75) is 19.4 Å². The van der Waals surface area contributed by atoms with Gasteiger partial charge in [-0.2, -0.15) is 0 Å². The van der Waals surface area contributed by atoms with Crippen LogP contribution in [0.3, 0.4) is 0 Å². The monoisotopic (exact) mass is 368 g/mol. The van der Waals surface area contributed by atoms with Crippen LogP contribution < -0.4 is 5.32 Å². The van der Waals surface area contributed by atoms with Gasteiger partial charge in [0, 0.05) is 37.4 Å². The molecule has 0 radical (unpaired) electrons. The summed E-state index contributed by atoms with van der Waals surface area (Å²) in [7, 11) is -1.52. The highest BCUT2D eigenvalue weighted by molar-refractivity contribution is 7.91. The Hall–Kier alpha value is -1.93. The van der Waals surface area contributed by atoms with Crippen molar-refractivity contribution >= 4 is 21.7 Å². The van der Waals surface area contributed by atoms with Crippen LogP contribution in [0.25, 0.3) is 0 Å². The summed E-state index contributed by atoms with van der Waals surface area (Å²) in [5.41, 5.74) is 0.766. The fourth-order valence-corrected chi connectivity index (χ4v) is 4.65. The summed E-state index contributed by atoms with van der Waals surface area (Å²) in [6.07, 6.45) is 0.457. The quantitative estimate of drug-likeness (QED) is 0.716. The molecule has 0 aliphatic carbocycles. The Labute approximate surface area is 148 Å². The Balaban J connectivity index is 2.13. The van der Waals surface area contributed by atoms with Crippen LogP contribution in [-0.2, 0) is 14.6 Å². The van der Waals surface area contributed by atoms with Gasteiger partial charge in [0.15, 0.2) is 9.84 Å². The highest BCUT2D eigenvalue weighted by Gasteiger charge is 2.34. The molecule has 1 heterocycles. The van der Waals surface area contributed by atoms with E-state index in [0.29, 0.717) is 37.2 Å². The maximum absolute atomic E-state index is 12.8. The average Bonchev–Trinajstić information content (AvgIpc) is 2.95. The first-order valence-electron chi connectivity index (χ1n) is 8.26. The Morgan fingerprint density at radius 1 is 1.32 bits per heavy atom. The van der Waals surface area contributed by atoms with Crippen LogP contribution in [-0.4, -0.2) is 69.5 Å². The van der Waals surface area contributed by atoms with E-state index in [4.69, 9.17) is 4.74 Å². The second-order valence-electron chi connectivity index (χ2n) is 5.98. The second kappa shape index (κ2) is 8.44. The van der Waals surface area contributed by atoms with Gasteiger partial charge in [-0.3, -0.25) is 9.59 Å². The minimum atomic E-state index is -3.07. The number of nitrogens with zero attached hydrogens (tertiary/aromatic N) is 1. The second-order valence-corrected chi connectivity index (χ2v) is 8.21. The molecule has 1 unspecified atom stereocenters. The molecule has 1 aliphatic rings. The van der Waals surface area contributed by atoms with Crippen molar-refractivity contribution in [1.29, 1.82) is 0 Å². The fourth-order valence-electron chi connectivity index (χ4n) is 2.92. The summed E-state index contributed by atoms with van der Waals surface area (Å²) >= 11 is 0. The van der Waals surface area contributed by atoms with Gasteiger partial charge in [-0.25, -0.2) is 8.42 Å². The van der Waals surface area contributed by atoms with Crippen LogP contribution in [0, 0.1) is 0 Å². The van der Waals surface area contributed by atoms with Crippen molar-refractivity contribution in [3.63, 3.8) is 0 Å². The van der Waals surface area contributed by atoms with Crippen molar-refractivity contribution in [3.8, 4) is 0 Å². The lowest BCUT2D eigenvalue weighted by molar-refractivity contribution is 0.0708. The van der Waals surface area contributed by atoms with Crippen molar-refractivity contribution in [3.05, 3.63) is 35.4 Å². The van der Waals surface area contributed by atoms with Gasteiger partial charge in [0.05, 0.1) is 18.1 Å². The number of sulfone groups is 1. The van der Waals surface area contributed by atoms with Gasteiger partial charge in [-0.05, 0) is 31.5 Å². The van der Waals surface area contributed by atoms with Crippen LogP contribution >= 0.6 is 0 Å². The van der Waals surface area contributed by atoms with E-state index in [0.717, 1.165) is 0 Å². The number of benzene rings is 1. The third-order valence-corrected chi connectivity index (χ3v) is 5.96. The molecule has 2 amide bonds. The number of hydrogen-bond acceptors (Lipinski definition) is 5. The standard InChI is InChI=1S/C17H24N2O5S/c1-3-19(15-7-10-25(22,23)12-15)17(21)14-6-4-5-13(11-14)16(20)18-8-9-24-2/h4-6,11,15H,3,7-10,12H2,1-2H3,(H,18,20). The summed E-state index contributed by atoms with van der Waals surface area (Å²) in [6, 6.07) is 6.16. The first-order chi connectivity index (χ1) is 11.9. The number of amides is 2. The zero-order chi connectivity index (χ0) is 18.4. The maximum atomic E-state index is 12.8. The van der Waals surface area contributed by atoms with Gasteiger partial charge in [-0.15, -0.1) is 0 Å². The van der Waals surface area contributed by atoms with Crippen molar-refractivity contribution in [1.82, 2.24) is 10.2 Å². The number of nitrogens with one attached hydrogen (secondary N) is 1. The van der Waals surface area contributed by atoms with E-state index < -0.39 is 9.84 Å². The summed E-state index contributed by atoms with van der Waals surface area (Å²) in [5, 5.41) is 2.71. The molecular weight excluding hydrogens is 344 g/mol. The molecule has 1 aliphatic heterocycles. The van der Waals surface area contributed by atoms with Crippen molar-refractivity contribution in [2.24, 2.45) is 0 Å². The molecule has 8 heteroatoms. The van der Waals surface area contributed by atoms with Crippen LogP contribution in [0.5, 0.6) is 0 Å². The molecule has 0 bridgehead atoms. The fraction of sp³-hybridized carbons (Fsp3) is 0.529. The lowest BCUT2D eigenvalue weighted by Gasteiger charge is -2.27. The molecule has 1 aromatic rings. The van der Waals surface area contributed by atoms with E-state index in [1.807, 2.05) is 6.92 Å². The van der Waals surface area contributed by atoms with Gasteiger partial charge >= 0.3 is 0 Å². The van der Waals surface area contributed by atoms with E-state index in [9.17, 15) is 18.0 Å². The molecule has 2 rings (SSSR count). The lowest BCUT2D eigenvalue weighted by Crippen LogP contribution is -2.41. The highest BCUT2D eigenvalue weighted by Crippen LogP contribution is 2.20. The molecule has 0 spiro atoms. The Morgan fingerprint density at radius 3 is 2.64 bits per heavy atom. The van der Waals surface area contributed by atoms with Gasteiger partial charge in [0.25, 0.3) is 11.8 Å². The normalized spacial score (nSPS) is 18.7. The summed E-state index contributed by atoms with van der Waals surface area (Å²) < 4.78 is 28.3. The third kappa shape index (κ3) is 5.02. The number of methoxy groups -OCH3 is 1. The first-order valence-corrected chi connectivity index (χ1v) is 10.1. The van der Waals surface area contributed by atoms with E-state index in [-0.39, 0.29) is 29.4 Å². The molecule has 0 aromatic heterocycles. The minimum absolute atomic E-state index is 0.00374. The molecular formula is C17H24N2O5S. The zero-order valence-corrected chi connectivity index (χ0v) is 15.3. The molecule has 25 heavy (non-hydrogen) atoms. The number of carbonyl (C=O) groups excluding carboxylic acids is 2. The van der Waals surface area contributed by atoms with Crippen molar-refractivity contribution in [2.75, 3.05) is 38.3 Å². The van der Waals surface area contributed by atoms with Crippen LogP contribution in [0.1, 0.15) is 34.1 Å². The Bertz CT molecular complexity index is 732. The van der Waals surface area contributed by atoms with Gasteiger partial charge < -0.3 is 15.0 Å². The van der Waals surface area contributed by atoms with Gasteiger partial charge in [0.1, 0.15) is 0 Å². The van der Waals surface area contributed by atoms with Gasteiger partial charge in [0.2, 0.25) is 0 Å². The van der Waals surface area contributed by atoms with E-state index in [1.165, 1.54) is 6.07 Å². The summed E-state index contributed by atoms with van der Waals surface area (Å²) in [4.78, 5) is 26.5. The number of rotatable bonds is 7. The Morgan fingerprint density at radius 2 is 2.04 bits per heavy atom. The molecule has 1 fully saturated rings. The zero-order valence-electron chi connectivity index (χ0n) is 14.5. The highest BCUT2D eigenvalue weighted by atomic mass is 32.2.